The van der Waals surface area contributed by atoms with Crippen molar-refractivity contribution in [2.75, 3.05) is 13.2 Å². The van der Waals surface area contributed by atoms with Gasteiger partial charge < -0.3 is 15.0 Å². The fourth-order valence-electron chi connectivity index (χ4n) is 2.74. The molecular formula is C22H26Cl2N2O3. The average Bonchev–Trinajstić information content (AvgIpc) is 2.70. The highest BCUT2D eigenvalue weighted by molar-refractivity contribution is 6.30. The van der Waals surface area contributed by atoms with Gasteiger partial charge in [0.15, 0.2) is 6.61 Å². The highest BCUT2D eigenvalue weighted by Gasteiger charge is 2.26. The first-order valence-electron chi connectivity index (χ1n) is 9.60. The van der Waals surface area contributed by atoms with Crippen molar-refractivity contribution in [2.24, 2.45) is 0 Å². The van der Waals surface area contributed by atoms with Gasteiger partial charge in [-0.25, -0.2) is 0 Å². The van der Waals surface area contributed by atoms with Gasteiger partial charge in [0.1, 0.15) is 11.8 Å². The summed E-state index contributed by atoms with van der Waals surface area (Å²) >= 11 is 12.0. The van der Waals surface area contributed by atoms with E-state index in [-0.39, 0.29) is 25.0 Å². The number of benzene rings is 2. The van der Waals surface area contributed by atoms with Crippen LogP contribution < -0.4 is 10.1 Å². The molecule has 0 fully saturated rings. The van der Waals surface area contributed by atoms with E-state index in [1.165, 1.54) is 4.90 Å². The third-order valence-electron chi connectivity index (χ3n) is 4.40. The molecule has 0 aliphatic heterocycles. The van der Waals surface area contributed by atoms with Gasteiger partial charge >= 0.3 is 0 Å². The fourth-order valence-corrected chi connectivity index (χ4v) is 3.13. The van der Waals surface area contributed by atoms with E-state index in [9.17, 15) is 9.59 Å². The lowest BCUT2D eigenvalue weighted by Gasteiger charge is -2.28. The number of carbonyl (C=O) groups is 2. The van der Waals surface area contributed by atoms with Gasteiger partial charge in [-0.2, -0.15) is 0 Å². The summed E-state index contributed by atoms with van der Waals surface area (Å²) in [5.41, 5.74) is 0.835. The van der Waals surface area contributed by atoms with Crippen LogP contribution in [0.15, 0.2) is 48.5 Å². The average molecular weight is 437 g/mol. The molecule has 0 saturated carbocycles. The van der Waals surface area contributed by atoms with Crippen molar-refractivity contribution < 1.29 is 14.3 Å². The van der Waals surface area contributed by atoms with Gasteiger partial charge in [-0.05, 0) is 49.2 Å². The first-order chi connectivity index (χ1) is 13.9. The van der Waals surface area contributed by atoms with E-state index in [2.05, 4.69) is 12.2 Å². The maximum absolute atomic E-state index is 12.9. The number of rotatable bonds is 10. The van der Waals surface area contributed by atoms with E-state index in [1.807, 2.05) is 12.1 Å². The van der Waals surface area contributed by atoms with Gasteiger partial charge in [0.05, 0.1) is 0 Å². The van der Waals surface area contributed by atoms with Gasteiger partial charge in [0.25, 0.3) is 5.91 Å². The van der Waals surface area contributed by atoms with Crippen molar-refractivity contribution in [3.8, 4) is 5.75 Å². The molecule has 0 aromatic heterocycles. The van der Waals surface area contributed by atoms with E-state index in [0.29, 0.717) is 22.3 Å². The largest absolute Gasteiger partial charge is 0.484 e. The number of hydrogen-bond acceptors (Lipinski definition) is 3. The fraction of sp³-hybridized carbons (Fsp3) is 0.364. The van der Waals surface area contributed by atoms with Gasteiger partial charge in [-0.15, -0.1) is 0 Å². The van der Waals surface area contributed by atoms with Crippen molar-refractivity contribution in [2.45, 2.75) is 39.3 Å². The van der Waals surface area contributed by atoms with Crippen LogP contribution >= 0.6 is 23.2 Å². The quantitative estimate of drug-likeness (QED) is 0.548. The number of carbonyl (C=O) groups excluding carboxylic acids is 2. The summed E-state index contributed by atoms with van der Waals surface area (Å²) in [6, 6.07) is 13.4. The van der Waals surface area contributed by atoms with Gasteiger partial charge in [-0.3, -0.25) is 9.59 Å². The maximum Gasteiger partial charge on any atom is 0.261 e. The number of unbranched alkanes of at least 4 members (excludes halogenated alkanes) is 1. The summed E-state index contributed by atoms with van der Waals surface area (Å²) in [6.45, 7) is 4.40. The molecule has 5 nitrogen and oxygen atoms in total. The highest BCUT2D eigenvalue weighted by Crippen LogP contribution is 2.18. The number of ether oxygens (including phenoxy) is 1. The zero-order valence-electron chi connectivity index (χ0n) is 16.7. The monoisotopic (exact) mass is 436 g/mol. The van der Waals surface area contributed by atoms with E-state index < -0.39 is 6.04 Å². The van der Waals surface area contributed by atoms with E-state index in [1.54, 1.807) is 43.3 Å². The highest BCUT2D eigenvalue weighted by atomic mass is 35.5. The minimum Gasteiger partial charge on any atom is -0.484 e. The van der Waals surface area contributed by atoms with Crippen molar-refractivity contribution in [1.82, 2.24) is 10.2 Å². The number of halogens is 2. The number of hydrogen-bond donors (Lipinski definition) is 1. The zero-order valence-corrected chi connectivity index (χ0v) is 18.2. The normalized spacial score (nSPS) is 11.6. The van der Waals surface area contributed by atoms with Crippen LogP contribution in [-0.4, -0.2) is 35.9 Å². The van der Waals surface area contributed by atoms with Crippen LogP contribution in [0, 0.1) is 0 Å². The first-order valence-corrected chi connectivity index (χ1v) is 10.4. The molecule has 0 aliphatic rings. The molecular weight excluding hydrogens is 411 g/mol. The molecule has 156 valence electrons. The Labute approximate surface area is 181 Å². The second-order valence-corrected chi connectivity index (χ2v) is 7.59. The molecule has 1 atom stereocenters. The molecule has 2 rings (SSSR count). The molecule has 2 aromatic rings. The lowest BCUT2D eigenvalue weighted by molar-refractivity contribution is -0.142. The molecule has 29 heavy (non-hydrogen) atoms. The zero-order chi connectivity index (χ0) is 21.2. The van der Waals surface area contributed by atoms with Crippen LogP contribution in [0.2, 0.25) is 10.0 Å². The molecule has 0 aliphatic carbocycles. The molecule has 0 bridgehead atoms. The Balaban J connectivity index is 2.11. The smallest absolute Gasteiger partial charge is 0.261 e. The Bertz CT molecular complexity index is 829. The summed E-state index contributed by atoms with van der Waals surface area (Å²) < 4.78 is 5.59. The topological polar surface area (TPSA) is 58.6 Å². The maximum atomic E-state index is 12.9. The predicted octanol–water partition coefficient (Wildman–Crippen LogP) is 4.71. The lowest BCUT2D eigenvalue weighted by atomic mass is 10.1. The van der Waals surface area contributed by atoms with Crippen LogP contribution in [0.3, 0.4) is 0 Å². The van der Waals surface area contributed by atoms with Crippen molar-refractivity contribution in [3.63, 3.8) is 0 Å². The van der Waals surface area contributed by atoms with Gasteiger partial charge in [0, 0.05) is 23.1 Å². The molecule has 0 saturated heterocycles. The second kappa shape index (κ2) is 11.7. The van der Waals surface area contributed by atoms with Crippen molar-refractivity contribution >= 4 is 35.0 Å². The molecule has 0 spiro atoms. The second-order valence-electron chi connectivity index (χ2n) is 6.72. The summed E-state index contributed by atoms with van der Waals surface area (Å²) in [7, 11) is 0. The molecule has 0 heterocycles. The Morgan fingerprint density at radius 1 is 1.10 bits per heavy atom. The summed E-state index contributed by atoms with van der Waals surface area (Å²) in [6.07, 6.45) is 1.87. The molecule has 2 amide bonds. The number of nitrogens with zero attached hydrogens (tertiary/aromatic N) is 1. The Morgan fingerprint density at radius 2 is 1.79 bits per heavy atom. The van der Waals surface area contributed by atoms with E-state index >= 15 is 0 Å². The Hall–Kier alpha value is -2.24. The SMILES string of the molecule is CCCCNC(=O)[C@@H](C)N(Cc1cccc(Cl)c1)C(=O)COc1cccc(Cl)c1. The number of amides is 2. The standard InChI is InChI=1S/C22H26Cl2N2O3/c1-3-4-11-25-22(28)16(2)26(14-17-7-5-8-18(23)12-17)21(27)15-29-20-10-6-9-19(24)13-20/h5-10,12-13,16H,3-4,11,14-15H2,1-2H3,(H,25,28)/t16-/m1/s1. The minimum atomic E-state index is -0.652. The first kappa shape index (κ1) is 23.0. The molecule has 1 N–H and O–H groups in total. The summed E-state index contributed by atoms with van der Waals surface area (Å²) in [5, 5.41) is 3.98. The van der Waals surface area contributed by atoms with Crippen LogP contribution in [0.25, 0.3) is 0 Å². The van der Waals surface area contributed by atoms with Crippen LogP contribution in [0.4, 0.5) is 0 Å². The summed E-state index contributed by atoms with van der Waals surface area (Å²) in [5.74, 6) is -0.00622. The molecule has 0 unspecified atom stereocenters. The third-order valence-corrected chi connectivity index (χ3v) is 4.87. The Kier molecular flexibility index (Phi) is 9.29. The van der Waals surface area contributed by atoms with Gasteiger partial charge in [0.2, 0.25) is 5.91 Å². The molecule has 2 aromatic carbocycles. The van der Waals surface area contributed by atoms with Crippen molar-refractivity contribution in [3.05, 3.63) is 64.1 Å². The van der Waals surface area contributed by atoms with Crippen LogP contribution in [-0.2, 0) is 16.1 Å². The molecule has 7 heteroatoms. The lowest BCUT2D eigenvalue weighted by Crippen LogP contribution is -2.49. The van der Waals surface area contributed by atoms with Crippen LogP contribution in [0.1, 0.15) is 32.3 Å². The number of nitrogens with one attached hydrogen (secondary N) is 1. The Morgan fingerprint density at radius 3 is 2.45 bits per heavy atom. The van der Waals surface area contributed by atoms with Crippen molar-refractivity contribution in [1.29, 1.82) is 0 Å². The van der Waals surface area contributed by atoms with E-state index in [0.717, 1.165) is 18.4 Å². The molecule has 0 radical (unpaired) electrons. The predicted molar refractivity (Wildman–Crippen MR) is 116 cm³/mol. The minimum absolute atomic E-state index is 0.198. The third kappa shape index (κ3) is 7.59. The van der Waals surface area contributed by atoms with Crippen LogP contribution in [0.5, 0.6) is 5.75 Å². The van der Waals surface area contributed by atoms with E-state index in [4.69, 9.17) is 27.9 Å². The summed E-state index contributed by atoms with van der Waals surface area (Å²) in [4.78, 5) is 27.0. The van der Waals surface area contributed by atoms with Gasteiger partial charge in [-0.1, -0.05) is 54.7 Å².